The SMILES string of the molecule is CC(C)CN(C1CCCC1)C(C)C(=O)c1ccc(Cl)cc1. The fourth-order valence-corrected chi connectivity index (χ4v) is 3.41. The van der Waals surface area contributed by atoms with Gasteiger partial charge in [-0.25, -0.2) is 0 Å². The van der Waals surface area contributed by atoms with Gasteiger partial charge in [0.2, 0.25) is 0 Å². The molecule has 0 heterocycles. The number of rotatable bonds is 6. The number of benzene rings is 1. The Bertz CT molecular complexity index is 463. The van der Waals surface area contributed by atoms with Crippen LogP contribution in [0.2, 0.25) is 5.02 Å². The van der Waals surface area contributed by atoms with Crippen LogP contribution in [-0.4, -0.2) is 29.3 Å². The van der Waals surface area contributed by atoms with E-state index in [1.807, 2.05) is 12.1 Å². The lowest BCUT2D eigenvalue weighted by molar-refractivity contribution is 0.0731. The molecule has 0 N–H and O–H groups in total. The molecular formula is C18H26ClNO. The van der Waals surface area contributed by atoms with E-state index in [9.17, 15) is 4.79 Å². The van der Waals surface area contributed by atoms with E-state index >= 15 is 0 Å². The minimum absolute atomic E-state index is 0.0586. The molecule has 21 heavy (non-hydrogen) atoms. The van der Waals surface area contributed by atoms with Crippen LogP contribution in [0.25, 0.3) is 0 Å². The number of hydrogen-bond acceptors (Lipinski definition) is 2. The van der Waals surface area contributed by atoms with E-state index in [0.717, 1.165) is 12.1 Å². The quantitative estimate of drug-likeness (QED) is 0.703. The monoisotopic (exact) mass is 307 g/mol. The summed E-state index contributed by atoms with van der Waals surface area (Å²) >= 11 is 5.91. The molecule has 2 rings (SSSR count). The van der Waals surface area contributed by atoms with Crippen LogP contribution >= 0.6 is 11.6 Å². The van der Waals surface area contributed by atoms with Crippen molar-refractivity contribution in [1.29, 1.82) is 0 Å². The summed E-state index contributed by atoms with van der Waals surface area (Å²) in [5.41, 5.74) is 0.763. The van der Waals surface area contributed by atoms with Crippen molar-refractivity contribution in [3.63, 3.8) is 0 Å². The minimum Gasteiger partial charge on any atom is -0.292 e. The van der Waals surface area contributed by atoms with Crippen LogP contribution in [0.5, 0.6) is 0 Å². The molecule has 1 aliphatic rings. The van der Waals surface area contributed by atoms with Gasteiger partial charge in [0, 0.05) is 23.2 Å². The Labute approximate surface area is 133 Å². The summed E-state index contributed by atoms with van der Waals surface area (Å²) in [4.78, 5) is 15.2. The summed E-state index contributed by atoms with van der Waals surface area (Å²) in [6, 6.07) is 7.77. The molecule has 1 unspecified atom stereocenters. The molecule has 3 heteroatoms. The van der Waals surface area contributed by atoms with Crippen LogP contribution in [-0.2, 0) is 0 Å². The Hall–Kier alpha value is -0.860. The third-order valence-electron chi connectivity index (χ3n) is 4.38. The molecule has 0 aliphatic heterocycles. The zero-order chi connectivity index (χ0) is 15.4. The summed E-state index contributed by atoms with van der Waals surface area (Å²) in [6.07, 6.45) is 5.04. The smallest absolute Gasteiger partial charge is 0.179 e. The highest BCUT2D eigenvalue weighted by atomic mass is 35.5. The van der Waals surface area contributed by atoms with Crippen LogP contribution < -0.4 is 0 Å². The Morgan fingerprint density at radius 1 is 1.19 bits per heavy atom. The van der Waals surface area contributed by atoms with Gasteiger partial charge in [-0.2, -0.15) is 0 Å². The second-order valence-electron chi connectivity index (χ2n) is 6.58. The molecule has 1 atom stereocenters. The average molecular weight is 308 g/mol. The first-order valence-corrected chi connectivity index (χ1v) is 8.42. The second-order valence-corrected chi connectivity index (χ2v) is 7.01. The van der Waals surface area contributed by atoms with Gasteiger partial charge < -0.3 is 0 Å². The summed E-state index contributed by atoms with van der Waals surface area (Å²) in [6.45, 7) is 7.49. The van der Waals surface area contributed by atoms with Gasteiger partial charge in [-0.1, -0.05) is 38.3 Å². The van der Waals surface area contributed by atoms with Gasteiger partial charge in [-0.3, -0.25) is 9.69 Å². The van der Waals surface area contributed by atoms with E-state index in [2.05, 4.69) is 25.7 Å². The van der Waals surface area contributed by atoms with Gasteiger partial charge in [0.25, 0.3) is 0 Å². The zero-order valence-corrected chi connectivity index (χ0v) is 14.1. The number of ketones is 1. The first-order chi connectivity index (χ1) is 9.99. The zero-order valence-electron chi connectivity index (χ0n) is 13.3. The maximum absolute atomic E-state index is 12.8. The standard InChI is InChI=1S/C18H26ClNO/c1-13(2)12-20(17-6-4-5-7-17)14(3)18(21)15-8-10-16(19)11-9-15/h8-11,13-14,17H,4-7,12H2,1-3H3. The highest BCUT2D eigenvalue weighted by molar-refractivity contribution is 6.30. The van der Waals surface area contributed by atoms with E-state index in [-0.39, 0.29) is 11.8 Å². The predicted octanol–water partition coefficient (Wildman–Crippen LogP) is 4.81. The van der Waals surface area contributed by atoms with Crippen molar-refractivity contribution in [1.82, 2.24) is 4.90 Å². The molecule has 0 saturated heterocycles. The maximum Gasteiger partial charge on any atom is 0.179 e. The lowest BCUT2D eigenvalue weighted by Gasteiger charge is -2.35. The summed E-state index contributed by atoms with van der Waals surface area (Å²) < 4.78 is 0. The summed E-state index contributed by atoms with van der Waals surface area (Å²) in [5, 5.41) is 0.675. The van der Waals surface area contributed by atoms with Gasteiger partial charge in [0.15, 0.2) is 5.78 Å². The van der Waals surface area contributed by atoms with E-state index in [4.69, 9.17) is 11.6 Å². The van der Waals surface area contributed by atoms with E-state index < -0.39 is 0 Å². The average Bonchev–Trinajstić information content (AvgIpc) is 2.98. The molecule has 0 bridgehead atoms. The minimum atomic E-state index is -0.0586. The van der Waals surface area contributed by atoms with Crippen LogP contribution in [0, 0.1) is 5.92 Å². The fraction of sp³-hybridized carbons (Fsp3) is 0.611. The Balaban J connectivity index is 2.14. The van der Waals surface area contributed by atoms with Gasteiger partial charge in [-0.15, -0.1) is 0 Å². The van der Waals surface area contributed by atoms with Crippen molar-refractivity contribution in [2.45, 2.75) is 58.5 Å². The molecule has 2 nitrogen and oxygen atoms in total. The summed E-state index contributed by atoms with van der Waals surface area (Å²) in [7, 11) is 0. The van der Waals surface area contributed by atoms with Crippen LogP contribution in [0.3, 0.4) is 0 Å². The van der Waals surface area contributed by atoms with Crippen molar-refractivity contribution in [2.24, 2.45) is 5.92 Å². The van der Waals surface area contributed by atoms with Crippen LogP contribution in [0.15, 0.2) is 24.3 Å². The van der Waals surface area contributed by atoms with Crippen molar-refractivity contribution in [3.05, 3.63) is 34.9 Å². The Morgan fingerprint density at radius 2 is 1.76 bits per heavy atom. The largest absolute Gasteiger partial charge is 0.292 e. The molecule has 0 radical (unpaired) electrons. The lowest BCUT2D eigenvalue weighted by Crippen LogP contribution is -2.46. The molecule has 1 aromatic carbocycles. The normalized spacial score (nSPS) is 17.6. The lowest BCUT2D eigenvalue weighted by atomic mass is 10.0. The number of nitrogens with zero attached hydrogens (tertiary/aromatic N) is 1. The third-order valence-corrected chi connectivity index (χ3v) is 4.63. The van der Waals surface area contributed by atoms with Gasteiger partial charge in [-0.05, 0) is 49.9 Å². The van der Waals surface area contributed by atoms with Crippen molar-refractivity contribution < 1.29 is 4.79 Å². The highest BCUT2D eigenvalue weighted by Crippen LogP contribution is 2.27. The molecular weight excluding hydrogens is 282 g/mol. The summed E-state index contributed by atoms with van der Waals surface area (Å²) in [5.74, 6) is 0.783. The van der Waals surface area contributed by atoms with Gasteiger partial charge >= 0.3 is 0 Å². The highest BCUT2D eigenvalue weighted by Gasteiger charge is 2.30. The van der Waals surface area contributed by atoms with E-state index in [0.29, 0.717) is 17.0 Å². The van der Waals surface area contributed by atoms with E-state index in [1.54, 1.807) is 12.1 Å². The number of Topliss-reactive ketones (excluding diaryl/α,β-unsaturated/α-hetero) is 1. The molecule has 0 amide bonds. The van der Waals surface area contributed by atoms with Crippen LogP contribution in [0.1, 0.15) is 56.8 Å². The molecule has 0 aromatic heterocycles. The molecule has 1 aliphatic carbocycles. The van der Waals surface area contributed by atoms with Crippen molar-refractivity contribution >= 4 is 17.4 Å². The molecule has 0 spiro atoms. The Kier molecular flexibility index (Phi) is 5.83. The van der Waals surface area contributed by atoms with Gasteiger partial charge in [0.1, 0.15) is 0 Å². The number of halogens is 1. The Morgan fingerprint density at radius 3 is 2.29 bits per heavy atom. The third kappa shape index (κ3) is 4.31. The van der Waals surface area contributed by atoms with Crippen LogP contribution in [0.4, 0.5) is 0 Å². The molecule has 1 fully saturated rings. The fourth-order valence-electron chi connectivity index (χ4n) is 3.29. The van der Waals surface area contributed by atoms with Crippen molar-refractivity contribution in [2.75, 3.05) is 6.54 Å². The second kappa shape index (κ2) is 7.42. The number of carbonyl (C=O) groups is 1. The molecule has 1 saturated carbocycles. The van der Waals surface area contributed by atoms with E-state index in [1.165, 1.54) is 25.7 Å². The maximum atomic E-state index is 12.8. The first kappa shape index (κ1) is 16.5. The predicted molar refractivity (Wildman–Crippen MR) is 89.0 cm³/mol. The molecule has 1 aromatic rings. The molecule has 116 valence electrons. The number of hydrogen-bond donors (Lipinski definition) is 0. The topological polar surface area (TPSA) is 20.3 Å². The number of carbonyl (C=O) groups excluding carboxylic acids is 1. The first-order valence-electron chi connectivity index (χ1n) is 8.04. The van der Waals surface area contributed by atoms with Crippen molar-refractivity contribution in [3.8, 4) is 0 Å². The van der Waals surface area contributed by atoms with Gasteiger partial charge in [0.05, 0.1) is 6.04 Å².